The minimum Gasteiger partial charge on any atom is -0.393 e. The fourth-order valence-corrected chi connectivity index (χ4v) is 5.74. The van der Waals surface area contributed by atoms with Crippen molar-refractivity contribution in [2.24, 2.45) is 23.0 Å². The topological polar surface area (TPSA) is 26.0 Å². The number of rotatable bonds is 2. The number of nitrogens with two attached hydrogens (primary N) is 1. The number of thiocarbonyl (C=S) groups is 1. The highest BCUT2D eigenvalue weighted by atomic mass is 32.1. The van der Waals surface area contributed by atoms with E-state index >= 15 is 0 Å². The first-order valence-electron chi connectivity index (χ1n) is 7.00. The third-order valence-electron chi connectivity index (χ3n) is 5.90. The maximum absolute atomic E-state index is 6.12. The van der Waals surface area contributed by atoms with E-state index in [0.29, 0.717) is 5.41 Å². The summed E-state index contributed by atoms with van der Waals surface area (Å²) in [6, 6.07) is 11.1. The molecule has 94 valence electrons. The van der Waals surface area contributed by atoms with Crippen LogP contribution in [0.1, 0.15) is 37.7 Å². The van der Waals surface area contributed by atoms with Crippen LogP contribution in [0.25, 0.3) is 0 Å². The van der Waals surface area contributed by atoms with Gasteiger partial charge in [-0.05, 0) is 54.9 Å². The van der Waals surface area contributed by atoms with Gasteiger partial charge in [0.05, 0.1) is 4.99 Å². The van der Waals surface area contributed by atoms with E-state index in [-0.39, 0.29) is 5.41 Å². The van der Waals surface area contributed by atoms with Gasteiger partial charge >= 0.3 is 0 Å². The van der Waals surface area contributed by atoms with Crippen LogP contribution in [0.2, 0.25) is 0 Å². The zero-order chi connectivity index (χ0) is 12.4. The zero-order valence-corrected chi connectivity index (χ0v) is 11.4. The van der Waals surface area contributed by atoms with Gasteiger partial charge in [0, 0.05) is 5.41 Å². The molecule has 4 bridgehead atoms. The Morgan fingerprint density at radius 3 is 2.61 bits per heavy atom. The summed E-state index contributed by atoms with van der Waals surface area (Å²) in [5, 5.41) is 0. The Labute approximate surface area is 114 Å². The lowest BCUT2D eigenvalue weighted by atomic mass is 9.64. The highest BCUT2D eigenvalue weighted by Crippen LogP contribution is 2.70. The van der Waals surface area contributed by atoms with E-state index in [1.54, 1.807) is 0 Å². The molecule has 4 aliphatic rings. The van der Waals surface area contributed by atoms with Gasteiger partial charge in [-0.15, -0.1) is 0 Å². The van der Waals surface area contributed by atoms with Crippen molar-refractivity contribution in [3.8, 4) is 0 Å². The van der Waals surface area contributed by atoms with Crippen LogP contribution >= 0.6 is 12.2 Å². The SMILES string of the molecule is NC(=S)C12CC3CC1CC(c1ccccc1)(C3)C2. The van der Waals surface area contributed by atoms with Crippen molar-refractivity contribution in [3.05, 3.63) is 35.9 Å². The molecule has 0 aliphatic heterocycles. The van der Waals surface area contributed by atoms with Crippen LogP contribution < -0.4 is 5.73 Å². The Morgan fingerprint density at radius 1 is 1.17 bits per heavy atom. The first kappa shape index (κ1) is 11.0. The fraction of sp³-hybridized carbons (Fsp3) is 0.562. The minimum atomic E-state index is 0.202. The van der Waals surface area contributed by atoms with E-state index in [1.807, 2.05) is 0 Å². The lowest BCUT2D eigenvalue weighted by molar-refractivity contribution is 0.218. The molecule has 0 radical (unpaired) electrons. The van der Waals surface area contributed by atoms with Crippen molar-refractivity contribution in [3.63, 3.8) is 0 Å². The fourth-order valence-electron chi connectivity index (χ4n) is 5.42. The molecule has 0 amide bonds. The third kappa shape index (κ3) is 1.20. The Morgan fingerprint density at radius 2 is 1.94 bits per heavy atom. The maximum Gasteiger partial charge on any atom is 0.0793 e. The molecule has 0 spiro atoms. The van der Waals surface area contributed by atoms with Gasteiger partial charge in [-0.1, -0.05) is 42.5 Å². The second-order valence-corrected chi connectivity index (χ2v) is 7.19. The van der Waals surface area contributed by atoms with Gasteiger partial charge < -0.3 is 5.73 Å². The number of hydrogen-bond acceptors (Lipinski definition) is 1. The summed E-state index contributed by atoms with van der Waals surface area (Å²) >= 11 is 5.43. The summed E-state index contributed by atoms with van der Waals surface area (Å²) in [5.74, 6) is 1.62. The lowest BCUT2D eigenvalue weighted by Gasteiger charge is -2.41. The molecule has 0 saturated heterocycles. The van der Waals surface area contributed by atoms with Crippen LogP contribution in [0.3, 0.4) is 0 Å². The molecule has 4 unspecified atom stereocenters. The van der Waals surface area contributed by atoms with Crippen LogP contribution in [0.5, 0.6) is 0 Å². The minimum absolute atomic E-state index is 0.202. The van der Waals surface area contributed by atoms with Crippen molar-refractivity contribution < 1.29 is 0 Å². The standard InChI is InChI=1S/C16H19NS/c17-14(18)16-8-11-6-13(16)9-15(7-11,10-16)12-4-2-1-3-5-12/h1-5,11,13H,6-10H2,(H2,17,18). The van der Waals surface area contributed by atoms with E-state index in [4.69, 9.17) is 18.0 Å². The molecule has 2 N–H and O–H groups in total. The second kappa shape index (κ2) is 3.36. The highest BCUT2D eigenvalue weighted by Gasteiger charge is 2.65. The smallest absolute Gasteiger partial charge is 0.0793 e. The second-order valence-electron chi connectivity index (χ2n) is 6.75. The van der Waals surface area contributed by atoms with Crippen molar-refractivity contribution in [1.82, 2.24) is 0 Å². The summed E-state index contributed by atoms with van der Waals surface area (Å²) in [4.78, 5) is 0.799. The molecule has 4 fully saturated rings. The van der Waals surface area contributed by atoms with Crippen LogP contribution in [0, 0.1) is 17.3 Å². The Hall–Kier alpha value is -0.890. The Bertz CT molecular complexity index is 511. The van der Waals surface area contributed by atoms with Gasteiger partial charge in [-0.2, -0.15) is 0 Å². The van der Waals surface area contributed by atoms with Crippen molar-refractivity contribution in [2.75, 3.05) is 0 Å². The summed E-state index contributed by atoms with van der Waals surface area (Å²) < 4.78 is 0. The maximum atomic E-state index is 6.12. The quantitative estimate of drug-likeness (QED) is 0.822. The predicted octanol–water partition coefficient (Wildman–Crippen LogP) is 3.42. The van der Waals surface area contributed by atoms with Crippen LogP contribution in [-0.4, -0.2) is 4.99 Å². The molecule has 1 aromatic carbocycles. The predicted molar refractivity (Wildman–Crippen MR) is 77.4 cm³/mol. The van der Waals surface area contributed by atoms with Gasteiger partial charge in [-0.25, -0.2) is 0 Å². The van der Waals surface area contributed by atoms with Crippen LogP contribution in [0.4, 0.5) is 0 Å². The van der Waals surface area contributed by atoms with E-state index in [0.717, 1.165) is 16.8 Å². The molecule has 2 heteroatoms. The van der Waals surface area contributed by atoms with Gasteiger partial charge in [-0.3, -0.25) is 0 Å². The molecule has 4 saturated carbocycles. The molecule has 18 heavy (non-hydrogen) atoms. The third-order valence-corrected chi connectivity index (χ3v) is 6.31. The van der Waals surface area contributed by atoms with Gasteiger partial charge in [0.15, 0.2) is 0 Å². The monoisotopic (exact) mass is 257 g/mol. The summed E-state index contributed by atoms with van der Waals surface area (Å²) in [7, 11) is 0. The average Bonchev–Trinajstić information content (AvgIpc) is 2.76. The normalized spacial score (nSPS) is 44.4. The summed E-state index contributed by atoms with van der Waals surface area (Å²) in [6.45, 7) is 0. The lowest BCUT2D eigenvalue weighted by Crippen LogP contribution is -2.40. The molecule has 1 nitrogen and oxygen atoms in total. The average molecular weight is 257 g/mol. The molecular weight excluding hydrogens is 238 g/mol. The van der Waals surface area contributed by atoms with E-state index < -0.39 is 0 Å². The molecule has 1 aromatic rings. The Balaban J connectivity index is 1.81. The van der Waals surface area contributed by atoms with Crippen LogP contribution in [0.15, 0.2) is 30.3 Å². The molecule has 4 atom stereocenters. The molecule has 0 aromatic heterocycles. The molecule has 0 heterocycles. The van der Waals surface area contributed by atoms with Crippen LogP contribution in [-0.2, 0) is 5.41 Å². The van der Waals surface area contributed by atoms with E-state index in [2.05, 4.69) is 30.3 Å². The van der Waals surface area contributed by atoms with Gasteiger partial charge in [0.25, 0.3) is 0 Å². The first-order chi connectivity index (χ1) is 8.65. The van der Waals surface area contributed by atoms with Crippen molar-refractivity contribution >= 4 is 17.2 Å². The number of hydrogen-bond donors (Lipinski definition) is 1. The Kier molecular flexibility index (Phi) is 2.05. The first-order valence-corrected chi connectivity index (χ1v) is 7.41. The molecule has 4 aliphatic carbocycles. The molecule has 5 rings (SSSR count). The summed E-state index contributed by atoms with van der Waals surface area (Å²) in [5.41, 5.74) is 8.24. The van der Waals surface area contributed by atoms with Gasteiger partial charge in [0.1, 0.15) is 0 Å². The van der Waals surface area contributed by atoms with E-state index in [1.165, 1.54) is 37.7 Å². The summed E-state index contributed by atoms with van der Waals surface area (Å²) in [6.07, 6.45) is 6.51. The largest absolute Gasteiger partial charge is 0.393 e. The highest BCUT2D eigenvalue weighted by molar-refractivity contribution is 7.80. The van der Waals surface area contributed by atoms with E-state index in [9.17, 15) is 0 Å². The number of benzene rings is 1. The van der Waals surface area contributed by atoms with Crippen molar-refractivity contribution in [1.29, 1.82) is 0 Å². The zero-order valence-electron chi connectivity index (χ0n) is 10.6. The molecular formula is C16H19NS. The van der Waals surface area contributed by atoms with Gasteiger partial charge in [0.2, 0.25) is 0 Å². The van der Waals surface area contributed by atoms with Crippen molar-refractivity contribution in [2.45, 2.75) is 37.5 Å².